The molecule has 0 saturated carbocycles. The van der Waals surface area contributed by atoms with Crippen LogP contribution in [0.3, 0.4) is 0 Å². The number of hydrogen-bond donors (Lipinski definition) is 3. The van der Waals surface area contributed by atoms with E-state index in [4.69, 9.17) is 39.5 Å². The molecule has 35 heavy (non-hydrogen) atoms. The van der Waals surface area contributed by atoms with Gasteiger partial charge in [0.1, 0.15) is 11.5 Å². The fourth-order valence-corrected chi connectivity index (χ4v) is 3.67. The van der Waals surface area contributed by atoms with Crippen LogP contribution in [0, 0.1) is 0 Å². The molecule has 2 amide bonds. The normalized spacial score (nSPS) is 10.4. The van der Waals surface area contributed by atoms with Crippen molar-refractivity contribution in [2.75, 3.05) is 11.9 Å². The molecule has 0 aliphatic heterocycles. The molecule has 0 saturated heterocycles. The number of rotatable bonds is 7. The van der Waals surface area contributed by atoms with Crippen LogP contribution in [0.4, 0.5) is 5.69 Å². The minimum Gasteiger partial charge on any atom is -0.507 e. The van der Waals surface area contributed by atoms with E-state index in [1.54, 1.807) is 31.2 Å². The molecule has 0 radical (unpaired) electrons. The molecule has 3 rings (SSSR count). The van der Waals surface area contributed by atoms with E-state index in [1.807, 2.05) is 0 Å². The average molecular weight is 538 g/mol. The summed E-state index contributed by atoms with van der Waals surface area (Å²) in [5, 5.41) is 15.7. The van der Waals surface area contributed by atoms with Crippen molar-refractivity contribution >= 4 is 58.3 Å². The third kappa shape index (κ3) is 6.79. The summed E-state index contributed by atoms with van der Waals surface area (Å²) < 4.78 is 10.4. The summed E-state index contributed by atoms with van der Waals surface area (Å²) in [6, 6.07) is 13.7. The molecular weight excluding hydrogens is 519 g/mol. The lowest BCUT2D eigenvalue weighted by molar-refractivity contribution is -0.152. The van der Waals surface area contributed by atoms with E-state index in [2.05, 4.69) is 15.4 Å². The summed E-state index contributed by atoms with van der Waals surface area (Å²) in [5.74, 6) is -2.65. The van der Waals surface area contributed by atoms with Gasteiger partial charge in [0.05, 0.1) is 22.2 Å². The largest absolute Gasteiger partial charge is 0.507 e. The Morgan fingerprint density at radius 3 is 2.29 bits per heavy atom. The van der Waals surface area contributed by atoms with Crippen LogP contribution < -0.4 is 15.4 Å². The van der Waals surface area contributed by atoms with Gasteiger partial charge in [-0.2, -0.15) is 0 Å². The molecule has 3 N–H and O–H groups in total. The van der Waals surface area contributed by atoms with E-state index in [1.165, 1.54) is 30.3 Å². The molecule has 0 aromatic heterocycles. The van der Waals surface area contributed by atoms with Gasteiger partial charge in [-0.3, -0.25) is 9.59 Å². The van der Waals surface area contributed by atoms with Gasteiger partial charge in [-0.25, -0.2) is 4.79 Å². The van der Waals surface area contributed by atoms with Crippen LogP contribution in [0.25, 0.3) is 0 Å². The Hall–Kier alpha value is -3.46. The van der Waals surface area contributed by atoms with E-state index in [9.17, 15) is 19.5 Å². The number of ether oxygens (including phenoxy) is 2. The van der Waals surface area contributed by atoms with Crippen LogP contribution in [0.15, 0.2) is 54.6 Å². The van der Waals surface area contributed by atoms with Gasteiger partial charge < -0.3 is 25.2 Å². The van der Waals surface area contributed by atoms with Crippen molar-refractivity contribution < 1.29 is 29.0 Å². The maximum absolute atomic E-state index is 12.6. The van der Waals surface area contributed by atoms with Gasteiger partial charge in [0.15, 0.2) is 5.75 Å². The highest BCUT2D eigenvalue weighted by atomic mass is 35.5. The monoisotopic (exact) mass is 536 g/mol. The zero-order chi connectivity index (χ0) is 25.5. The summed E-state index contributed by atoms with van der Waals surface area (Å²) in [7, 11) is 0. The van der Waals surface area contributed by atoms with Gasteiger partial charge in [-0.15, -0.1) is 0 Å². The van der Waals surface area contributed by atoms with E-state index in [0.717, 1.165) is 0 Å². The quantitative estimate of drug-likeness (QED) is 0.268. The van der Waals surface area contributed by atoms with Crippen molar-refractivity contribution in [2.45, 2.75) is 13.5 Å². The first-order valence-electron chi connectivity index (χ1n) is 10.2. The third-order valence-electron chi connectivity index (χ3n) is 4.55. The number of esters is 1. The van der Waals surface area contributed by atoms with Crippen molar-refractivity contribution in [3.05, 3.63) is 80.8 Å². The zero-order valence-electron chi connectivity index (χ0n) is 18.2. The molecule has 0 bridgehead atoms. The molecule has 0 aliphatic carbocycles. The molecule has 0 unspecified atom stereocenters. The highest BCUT2D eigenvalue weighted by Gasteiger charge is 2.19. The smallest absolute Gasteiger partial charge is 0.397 e. The van der Waals surface area contributed by atoms with Crippen LogP contribution in [0.2, 0.25) is 15.1 Å². The van der Waals surface area contributed by atoms with Crippen molar-refractivity contribution in [2.24, 2.45) is 0 Å². The van der Waals surface area contributed by atoms with E-state index < -0.39 is 17.8 Å². The number of hydrogen-bond acceptors (Lipinski definition) is 6. The predicted molar refractivity (Wildman–Crippen MR) is 133 cm³/mol. The minimum absolute atomic E-state index is 0.0226. The first-order chi connectivity index (χ1) is 16.7. The Morgan fingerprint density at radius 2 is 1.63 bits per heavy atom. The summed E-state index contributed by atoms with van der Waals surface area (Å²) in [6.07, 6.45) is 0. The number of anilines is 1. The molecule has 182 valence electrons. The highest BCUT2D eigenvalue weighted by Crippen LogP contribution is 2.39. The number of nitrogens with one attached hydrogen (secondary N) is 2. The fourth-order valence-electron chi connectivity index (χ4n) is 2.90. The molecule has 0 atom stereocenters. The second-order valence-electron chi connectivity index (χ2n) is 7.00. The van der Waals surface area contributed by atoms with Crippen LogP contribution in [-0.4, -0.2) is 29.5 Å². The fraction of sp³-hybridized carbons (Fsp3) is 0.125. The molecule has 0 fully saturated rings. The van der Waals surface area contributed by atoms with Gasteiger partial charge in [0.25, 0.3) is 5.91 Å². The molecule has 11 heteroatoms. The minimum atomic E-state index is -1.05. The number of carbonyl (C=O) groups is 3. The van der Waals surface area contributed by atoms with Crippen molar-refractivity contribution in [3.63, 3.8) is 0 Å². The van der Waals surface area contributed by atoms with Gasteiger partial charge in [-0.1, -0.05) is 53.0 Å². The number of carbonyl (C=O) groups excluding carboxylic acids is 3. The zero-order valence-corrected chi connectivity index (χ0v) is 20.5. The highest BCUT2D eigenvalue weighted by molar-refractivity contribution is 6.39. The molecular formula is C24H19Cl3N2O6. The summed E-state index contributed by atoms with van der Waals surface area (Å²) in [6.45, 7) is 1.77. The average Bonchev–Trinajstić information content (AvgIpc) is 2.81. The second kappa shape index (κ2) is 11.8. The lowest BCUT2D eigenvalue weighted by Crippen LogP contribution is -2.24. The summed E-state index contributed by atoms with van der Waals surface area (Å²) >= 11 is 18.6. The topological polar surface area (TPSA) is 114 Å². The van der Waals surface area contributed by atoms with Gasteiger partial charge in [0, 0.05) is 17.3 Å². The number of benzene rings is 3. The molecule has 3 aromatic carbocycles. The number of aromatic hydroxyl groups is 1. The Balaban J connectivity index is 1.75. The van der Waals surface area contributed by atoms with Crippen molar-refractivity contribution in [3.8, 4) is 17.2 Å². The maximum atomic E-state index is 12.6. The predicted octanol–water partition coefficient (Wildman–Crippen LogP) is 5.58. The lowest BCUT2D eigenvalue weighted by Gasteiger charge is -2.14. The Morgan fingerprint density at radius 1 is 0.943 bits per heavy atom. The first-order valence-corrected chi connectivity index (χ1v) is 11.3. The van der Waals surface area contributed by atoms with E-state index in [-0.39, 0.29) is 51.7 Å². The third-order valence-corrected chi connectivity index (χ3v) is 5.48. The number of phenolic OH excluding ortho intramolecular Hbond substituents is 1. The number of halogens is 3. The van der Waals surface area contributed by atoms with E-state index >= 15 is 0 Å². The summed E-state index contributed by atoms with van der Waals surface area (Å²) in [4.78, 5) is 36.0. The Bertz CT molecular complexity index is 1260. The molecule has 8 nitrogen and oxygen atoms in total. The van der Waals surface area contributed by atoms with Crippen molar-refractivity contribution in [1.82, 2.24) is 5.32 Å². The van der Waals surface area contributed by atoms with Crippen LogP contribution in [0.5, 0.6) is 17.2 Å². The second-order valence-corrected chi connectivity index (χ2v) is 8.22. The van der Waals surface area contributed by atoms with Gasteiger partial charge in [-0.05, 0) is 48.9 Å². The standard InChI is InChI=1S/C24H19Cl3N2O6/c1-2-34-24(33)23(32)29-14-9-18(26)21(19(27)10-14)35-15-7-8-20(30)16(11-15)22(31)28-12-13-5-3-4-6-17(13)25/h3-11,30H,2,12H2,1H3,(H,28,31)(H,29,32). The summed E-state index contributed by atoms with van der Waals surface area (Å²) in [5.41, 5.74) is 0.818. The van der Waals surface area contributed by atoms with Crippen LogP contribution in [-0.2, 0) is 20.9 Å². The van der Waals surface area contributed by atoms with Crippen LogP contribution in [0.1, 0.15) is 22.8 Å². The molecule has 0 spiro atoms. The van der Waals surface area contributed by atoms with Gasteiger partial charge in [0.2, 0.25) is 0 Å². The SMILES string of the molecule is CCOC(=O)C(=O)Nc1cc(Cl)c(Oc2ccc(O)c(C(=O)NCc3ccccc3Cl)c2)c(Cl)c1. The lowest BCUT2D eigenvalue weighted by atomic mass is 10.1. The van der Waals surface area contributed by atoms with E-state index in [0.29, 0.717) is 10.6 Å². The number of phenols is 1. The molecule has 3 aromatic rings. The Labute approximate surface area is 215 Å². The molecule has 0 heterocycles. The first kappa shape index (κ1) is 26.2. The van der Waals surface area contributed by atoms with Crippen LogP contribution >= 0.6 is 34.8 Å². The number of amides is 2. The Kier molecular flexibility index (Phi) is 8.81. The van der Waals surface area contributed by atoms with Gasteiger partial charge >= 0.3 is 11.9 Å². The molecule has 0 aliphatic rings. The maximum Gasteiger partial charge on any atom is 0.397 e. The van der Waals surface area contributed by atoms with Crippen molar-refractivity contribution in [1.29, 1.82) is 0 Å².